The van der Waals surface area contributed by atoms with Crippen LogP contribution in [-0.2, 0) is 27.2 Å². The summed E-state index contributed by atoms with van der Waals surface area (Å²) in [6.07, 6.45) is 1.14. The summed E-state index contributed by atoms with van der Waals surface area (Å²) in [7, 11) is 0. The summed E-state index contributed by atoms with van der Waals surface area (Å²) < 4.78 is 0. The molecule has 0 heterocycles. The number of ketones is 1. The molecule has 1 saturated carbocycles. The number of benzene rings is 3. The lowest BCUT2D eigenvalue weighted by Crippen LogP contribution is -2.56. The molecule has 192 valence electrons. The van der Waals surface area contributed by atoms with E-state index in [1.54, 1.807) is 12.1 Å². The highest BCUT2D eigenvalue weighted by molar-refractivity contribution is 6.10. The average Bonchev–Trinajstić information content (AvgIpc) is 2.88. The summed E-state index contributed by atoms with van der Waals surface area (Å²) in [6, 6.07) is 24.1. The van der Waals surface area contributed by atoms with E-state index in [9.17, 15) is 19.5 Å². The van der Waals surface area contributed by atoms with Gasteiger partial charge in [-0.15, -0.1) is 0 Å². The van der Waals surface area contributed by atoms with Crippen LogP contribution in [0.2, 0.25) is 0 Å². The van der Waals surface area contributed by atoms with Crippen LogP contribution in [0.4, 0.5) is 11.4 Å². The van der Waals surface area contributed by atoms with Crippen LogP contribution in [0.3, 0.4) is 0 Å². The largest absolute Gasteiger partial charge is 0.389 e. The second-order valence-electron chi connectivity index (χ2n) is 9.89. The Morgan fingerprint density at radius 3 is 1.84 bits per heavy atom. The van der Waals surface area contributed by atoms with E-state index in [0.717, 1.165) is 17.5 Å². The highest BCUT2D eigenvalue weighted by Crippen LogP contribution is 2.46. The van der Waals surface area contributed by atoms with E-state index in [1.807, 2.05) is 80.6 Å². The van der Waals surface area contributed by atoms with Crippen LogP contribution in [0, 0.1) is 11.8 Å². The van der Waals surface area contributed by atoms with Crippen LogP contribution in [0.5, 0.6) is 0 Å². The molecule has 0 saturated heterocycles. The highest BCUT2D eigenvalue weighted by atomic mass is 16.3. The zero-order chi connectivity index (χ0) is 26.6. The van der Waals surface area contributed by atoms with Gasteiger partial charge in [-0.3, -0.25) is 14.4 Å². The molecule has 0 aliphatic heterocycles. The Hall–Kier alpha value is -3.77. The lowest BCUT2D eigenvalue weighted by atomic mass is 9.61. The molecule has 1 aliphatic carbocycles. The SMILES string of the molecule is CCc1ccccc1NC(=O)C1C(=O)CC(C)(O)C(C(=O)Nc2ccccc2CC)C1c1ccccc1. The number of hydrogen-bond donors (Lipinski definition) is 3. The van der Waals surface area contributed by atoms with Crippen molar-refractivity contribution in [3.05, 3.63) is 95.6 Å². The lowest BCUT2D eigenvalue weighted by molar-refractivity contribution is -0.150. The molecular formula is C31H34N2O4. The summed E-state index contributed by atoms with van der Waals surface area (Å²) in [5, 5.41) is 17.4. The zero-order valence-electron chi connectivity index (χ0n) is 21.5. The number of rotatable bonds is 7. The van der Waals surface area contributed by atoms with Gasteiger partial charge in [-0.1, -0.05) is 80.6 Å². The predicted octanol–water partition coefficient (Wildman–Crippen LogP) is 5.13. The summed E-state index contributed by atoms with van der Waals surface area (Å²) in [5.74, 6) is -4.29. The first-order valence-electron chi connectivity index (χ1n) is 12.8. The number of anilines is 2. The van der Waals surface area contributed by atoms with Crippen molar-refractivity contribution in [1.29, 1.82) is 0 Å². The van der Waals surface area contributed by atoms with Crippen molar-refractivity contribution in [2.24, 2.45) is 11.8 Å². The van der Waals surface area contributed by atoms with Gasteiger partial charge in [0.2, 0.25) is 11.8 Å². The van der Waals surface area contributed by atoms with E-state index in [0.29, 0.717) is 23.4 Å². The second kappa shape index (κ2) is 11.1. The molecule has 3 aromatic rings. The molecular weight excluding hydrogens is 464 g/mol. The van der Waals surface area contributed by atoms with Crippen molar-refractivity contribution in [1.82, 2.24) is 0 Å². The van der Waals surface area contributed by atoms with E-state index >= 15 is 0 Å². The number of para-hydroxylation sites is 2. The molecule has 6 heteroatoms. The van der Waals surface area contributed by atoms with Gasteiger partial charge in [0.15, 0.2) is 0 Å². The van der Waals surface area contributed by atoms with Crippen molar-refractivity contribution in [3.63, 3.8) is 0 Å². The molecule has 2 amide bonds. The molecule has 0 radical (unpaired) electrons. The topological polar surface area (TPSA) is 95.5 Å². The van der Waals surface area contributed by atoms with Crippen LogP contribution in [-0.4, -0.2) is 28.3 Å². The van der Waals surface area contributed by atoms with Gasteiger partial charge in [-0.05, 0) is 48.6 Å². The van der Waals surface area contributed by atoms with Crippen molar-refractivity contribution in [3.8, 4) is 0 Å². The number of nitrogens with one attached hydrogen (secondary N) is 2. The van der Waals surface area contributed by atoms with Gasteiger partial charge >= 0.3 is 0 Å². The maximum atomic E-state index is 13.9. The maximum Gasteiger partial charge on any atom is 0.235 e. The predicted molar refractivity (Wildman–Crippen MR) is 145 cm³/mol. The van der Waals surface area contributed by atoms with E-state index in [-0.39, 0.29) is 12.2 Å². The number of carbonyl (C=O) groups is 3. The molecule has 0 aromatic heterocycles. The van der Waals surface area contributed by atoms with Crippen molar-refractivity contribution in [2.45, 2.75) is 51.6 Å². The van der Waals surface area contributed by atoms with E-state index in [2.05, 4.69) is 10.6 Å². The number of Topliss-reactive ketones (excluding diaryl/α,β-unsaturated/α-hetero) is 1. The minimum absolute atomic E-state index is 0.294. The van der Waals surface area contributed by atoms with Crippen LogP contribution >= 0.6 is 0 Å². The Bertz CT molecular complexity index is 1290. The molecule has 4 atom stereocenters. The highest BCUT2D eigenvalue weighted by Gasteiger charge is 2.55. The number of carbonyl (C=O) groups excluding carboxylic acids is 3. The maximum absolute atomic E-state index is 13.9. The second-order valence-corrected chi connectivity index (χ2v) is 9.89. The molecule has 4 unspecified atom stereocenters. The first-order valence-corrected chi connectivity index (χ1v) is 12.8. The van der Waals surface area contributed by atoms with E-state index in [1.165, 1.54) is 6.92 Å². The van der Waals surface area contributed by atoms with Crippen LogP contribution in [0.15, 0.2) is 78.9 Å². The number of aliphatic hydroxyl groups is 1. The first-order chi connectivity index (χ1) is 17.8. The van der Waals surface area contributed by atoms with Gasteiger partial charge in [0.1, 0.15) is 11.7 Å². The Labute approximate surface area is 218 Å². The first kappa shape index (κ1) is 26.3. The van der Waals surface area contributed by atoms with Crippen LogP contribution in [0.1, 0.15) is 49.8 Å². The fraction of sp³-hybridized carbons (Fsp3) is 0.323. The van der Waals surface area contributed by atoms with Crippen LogP contribution < -0.4 is 10.6 Å². The van der Waals surface area contributed by atoms with Crippen molar-refractivity contribution < 1.29 is 19.5 Å². The summed E-state index contributed by atoms with van der Waals surface area (Å²) >= 11 is 0. The average molecular weight is 499 g/mol. The van der Waals surface area contributed by atoms with Crippen molar-refractivity contribution >= 4 is 29.0 Å². The fourth-order valence-corrected chi connectivity index (χ4v) is 5.49. The Kier molecular flexibility index (Phi) is 7.89. The quantitative estimate of drug-likeness (QED) is 0.394. The third-order valence-electron chi connectivity index (χ3n) is 7.33. The Morgan fingerprint density at radius 1 is 0.811 bits per heavy atom. The monoisotopic (exact) mass is 498 g/mol. The summed E-state index contributed by atoms with van der Waals surface area (Å²) in [5.41, 5.74) is 2.24. The normalized spacial score (nSPS) is 23.4. The van der Waals surface area contributed by atoms with Gasteiger partial charge < -0.3 is 15.7 Å². The molecule has 0 spiro atoms. The van der Waals surface area contributed by atoms with Gasteiger partial charge in [-0.25, -0.2) is 0 Å². The van der Waals surface area contributed by atoms with E-state index < -0.39 is 35.2 Å². The Balaban J connectivity index is 1.76. The van der Waals surface area contributed by atoms with Gasteiger partial charge in [0.25, 0.3) is 0 Å². The van der Waals surface area contributed by atoms with Crippen molar-refractivity contribution in [2.75, 3.05) is 10.6 Å². The number of amides is 2. The number of aryl methyl sites for hydroxylation is 2. The molecule has 3 aromatic carbocycles. The molecule has 37 heavy (non-hydrogen) atoms. The molecule has 3 N–H and O–H groups in total. The summed E-state index contributed by atoms with van der Waals surface area (Å²) in [6.45, 7) is 5.51. The van der Waals surface area contributed by atoms with Gasteiger partial charge in [-0.2, -0.15) is 0 Å². The van der Waals surface area contributed by atoms with E-state index in [4.69, 9.17) is 0 Å². The summed E-state index contributed by atoms with van der Waals surface area (Å²) in [4.78, 5) is 41.0. The zero-order valence-corrected chi connectivity index (χ0v) is 21.5. The smallest absolute Gasteiger partial charge is 0.235 e. The number of hydrogen-bond acceptors (Lipinski definition) is 4. The molecule has 1 aliphatic rings. The third-order valence-corrected chi connectivity index (χ3v) is 7.33. The Morgan fingerprint density at radius 2 is 1.30 bits per heavy atom. The third kappa shape index (κ3) is 5.49. The van der Waals surface area contributed by atoms with Gasteiger partial charge in [0, 0.05) is 23.7 Å². The minimum atomic E-state index is -1.64. The molecule has 0 bridgehead atoms. The molecule has 6 nitrogen and oxygen atoms in total. The molecule has 1 fully saturated rings. The molecule has 4 rings (SSSR count). The van der Waals surface area contributed by atoms with Gasteiger partial charge in [0.05, 0.1) is 11.5 Å². The fourth-order valence-electron chi connectivity index (χ4n) is 5.49. The standard InChI is InChI=1S/C31H34N2O4/c1-4-20-13-9-11-17-23(20)32-29(35)27-25(34)19-31(3,37)28(26(27)22-15-7-6-8-16-22)30(36)33-24-18-12-10-14-21(24)5-2/h6-18,26-28,37H,4-5,19H2,1-3H3,(H,32,35)(H,33,36). The minimum Gasteiger partial charge on any atom is -0.389 e. The lowest BCUT2D eigenvalue weighted by Gasteiger charge is -2.44. The van der Waals surface area contributed by atoms with Crippen LogP contribution in [0.25, 0.3) is 0 Å².